The molecule has 1 spiro atoms. The summed E-state index contributed by atoms with van der Waals surface area (Å²) in [6.45, 7) is -1.09. The molecule has 124 valence electrons. The SMILES string of the molecule is O=C1N[C@@]2(CCc3ccccc3C2)C(=O)N1C[C@H](O)C(F)(F)F. The molecule has 5 nitrogen and oxygen atoms in total. The first kappa shape index (κ1) is 15.8. The topological polar surface area (TPSA) is 69.6 Å². The Balaban J connectivity index is 1.82. The average Bonchev–Trinajstić information content (AvgIpc) is 2.70. The Morgan fingerprint density at radius 1 is 1.26 bits per heavy atom. The predicted octanol–water partition coefficient (Wildman–Crippen LogP) is 1.39. The number of aliphatic hydroxyl groups excluding tert-OH is 1. The number of urea groups is 1. The fourth-order valence-corrected chi connectivity index (χ4v) is 3.14. The molecule has 2 atom stereocenters. The number of rotatable bonds is 2. The molecule has 2 aliphatic rings. The highest BCUT2D eigenvalue weighted by atomic mass is 19.4. The van der Waals surface area contributed by atoms with Crippen LogP contribution in [0.1, 0.15) is 17.5 Å². The van der Waals surface area contributed by atoms with Crippen molar-refractivity contribution in [1.82, 2.24) is 10.2 Å². The maximum atomic E-state index is 12.5. The number of nitrogens with one attached hydrogen (secondary N) is 1. The number of carbonyl (C=O) groups excluding carboxylic acids is 2. The van der Waals surface area contributed by atoms with Gasteiger partial charge in [-0.1, -0.05) is 24.3 Å². The Labute approximate surface area is 130 Å². The Hall–Kier alpha value is -2.09. The summed E-state index contributed by atoms with van der Waals surface area (Å²) in [6.07, 6.45) is -6.50. The van der Waals surface area contributed by atoms with Gasteiger partial charge in [0.2, 0.25) is 0 Å². The molecule has 0 bridgehead atoms. The molecule has 1 aromatic rings. The summed E-state index contributed by atoms with van der Waals surface area (Å²) in [7, 11) is 0. The van der Waals surface area contributed by atoms with E-state index in [2.05, 4.69) is 5.32 Å². The minimum Gasteiger partial charge on any atom is -0.382 e. The number of benzene rings is 1. The lowest BCUT2D eigenvalue weighted by atomic mass is 9.78. The van der Waals surface area contributed by atoms with Crippen LogP contribution in [0.5, 0.6) is 0 Å². The fraction of sp³-hybridized carbons (Fsp3) is 0.467. The lowest BCUT2D eigenvalue weighted by Crippen LogP contribution is -2.52. The molecule has 1 fully saturated rings. The monoisotopic (exact) mass is 328 g/mol. The van der Waals surface area contributed by atoms with Crippen LogP contribution < -0.4 is 5.32 Å². The van der Waals surface area contributed by atoms with Gasteiger partial charge in [0, 0.05) is 6.42 Å². The van der Waals surface area contributed by atoms with Gasteiger partial charge in [0.05, 0.1) is 6.54 Å². The molecule has 8 heteroatoms. The van der Waals surface area contributed by atoms with Crippen molar-refractivity contribution >= 4 is 11.9 Å². The van der Waals surface area contributed by atoms with Crippen LogP contribution in [0.2, 0.25) is 0 Å². The lowest BCUT2D eigenvalue weighted by molar-refractivity contribution is -0.206. The highest BCUT2D eigenvalue weighted by Gasteiger charge is 2.54. The molecule has 0 saturated carbocycles. The van der Waals surface area contributed by atoms with Gasteiger partial charge in [-0.25, -0.2) is 4.79 Å². The molecular formula is C15H15F3N2O3. The molecule has 2 N–H and O–H groups in total. The van der Waals surface area contributed by atoms with Crippen molar-refractivity contribution in [3.05, 3.63) is 35.4 Å². The molecule has 3 rings (SSSR count). The molecule has 1 heterocycles. The van der Waals surface area contributed by atoms with Gasteiger partial charge >= 0.3 is 12.2 Å². The number of carbonyl (C=O) groups is 2. The van der Waals surface area contributed by atoms with E-state index in [0.717, 1.165) is 11.1 Å². The van der Waals surface area contributed by atoms with Crippen LogP contribution in [-0.2, 0) is 17.6 Å². The van der Waals surface area contributed by atoms with Gasteiger partial charge in [-0.3, -0.25) is 9.69 Å². The molecule has 3 amide bonds. The minimum absolute atomic E-state index is 0.242. The minimum atomic E-state index is -4.88. The second kappa shape index (κ2) is 5.23. The van der Waals surface area contributed by atoms with Gasteiger partial charge in [-0.15, -0.1) is 0 Å². The van der Waals surface area contributed by atoms with E-state index in [1.807, 2.05) is 24.3 Å². The maximum Gasteiger partial charge on any atom is 0.416 e. The number of aliphatic hydroxyl groups is 1. The summed E-state index contributed by atoms with van der Waals surface area (Å²) in [4.78, 5) is 24.9. The molecule has 1 saturated heterocycles. The third-order valence-electron chi connectivity index (χ3n) is 4.41. The molecule has 1 aliphatic heterocycles. The number of imide groups is 1. The summed E-state index contributed by atoms with van der Waals surface area (Å²) >= 11 is 0. The first-order valence-electron chi connectivity index (χ1n) is 7.19. The molecule has 0 radical (unpaired) electrons. The van der Waals surface area contributed by atoms with Crippen molar-refractivity contribution < 1.29 is 27.9 Å². The molecule has 23 heavy (non-hydrogen) atoms. The fourth-order valence-electron chi connectivity index (χ4n) is 3.14. The second-order valence-corrected chi connectivity index (χ2v) is 5.93. The zero-order valence-corrected chi connectivity index (χ0v) is 12.1. The lowest BCUT2D eigenvalue weighted by Gasteiger charge is -2.32. The molecule has 1 aromatic carbocycles. The number of alkyl halides is 3. The summed E-state index contributed by atoms with van der Waals surface area (Å²) in [5.41, 5.74) is 0.746. The van der Waals surface area contributed by atoms with Gasteiger partial charge in [0.1, 0.15) is 5.54 Å². The first-order valence-corrected chi connectivity index (χ1v) is 7.19. The summed E-state index contributed by atoms with van der Waals surface area (Å²) in [5.74, 6) is -0.708. The van der Waals surface area contributed by atoms with Crippen LogP contribution in [0.4, 0.5) is 18.0 Å². The number of hydrogen-bond acceptors (Lipinski definition) is 3. The van der Waals surface area contributed by atoms with Gasteiger partial charge in [0.25, 0.3) is 5.91 Å². The number of fused-ring (bicyclic) bond motifs is 1. The second-order valence-electron chi connectivity index (χ2n) is 5.93. The number of nitrogens with zero attached hydrogens (tertiary/aromatic N) is 1. The Kier molecular flexibility index (Phi) is 3.59. The van der Waals surface area contributed by atoms with Crippen LogP contribution in [0.25, 0.3) is 0 Å². The van der Waals surface area contributed by atoms with Crippen LogP contribution in [0, 0.1) is 0 Å². The van der Waals surface area contributed by atoms with Crippen molar-refractivity contribution in [3.63, 3.8) is 0 Å². The van der Waals surface area contributed by atoms with E-state index < -0.39 is 36.3 Å². The first-order chi connectivity index (χ1) is 10.7. The number of aryl methyl sites for hydroxylation is 1. The summed E-state index contributed by atoms with van der Waals surface area (Å²) < 4.78 is 37.4. The Bertz CT molecular complexity index is 662. The van der Waals surface area contributed by atoms with Gasteiger partial charge in [0.15, 0.2) is 6.10 Å². The average molecular weight is 328 g/mol. The zero-order valence-electron chi connectivity index (χ0n) is 12.1. The van der Waals surface area contributed by atoms with Gasteiger partial charge < -0.3 is 10.4 Å². The maximum absolute atomic E-state index is 12.5. The number of amides is 3. The Morgan fingerprint density at radius 3 is 2.57 bits per heavy atom. The van der Waals surface area contributed by atoms with Gasteiger partial charge in [-0.2, -0.15) is 13.2 Å². The summed E-state index contributed by atoms with van der Waals surface area (Å²) in [6, 6.07) is 6.55. The highest BCUT2D eigenvalue weighted by molar-refractivity contribution is 6.07. The van der Waals surface area contributed by atoms with Gasteiger partial charge in [-0.05, 0) is 24.0 Å². The van der Waals surface area contributed by atoms with E-state index in [1.165, 1.54) is 0 Å². The van der Waals surface area contributed by atoms with E-state index in [-0.39, 0.29) is 6.42 Å². The summed E-state index contributed by atoms with van der Waals surface area (Å²) in [5, 5.41) is 11.7. The van der Waals surface area contributed by atoms with Crippen molar-refractivity contribution in [3.8, 4) is 0 Å². The number of hydrogen-bond donors (Lipinski definition) is 2. The predicted molar refractivity (Wildman–Crippen MR) is 73.5 cm³/mol. The van der Waals surface area contributed by atoms with E-state index in [4.69, 9.17) is 5.11 Å². The molecule has 1 aliphatic carbocycles. The largest absolute Gasteiger partial charge is 0.416 e. The molecule has 0 aromatic heterocycles. The standard InChI is InChI=1S/C15H15F3N2O3/c16-15(17,18)11(21)8-20-12(22)14(19-13(20)23)6-5-9-3-1-2-4-10(9)7-14/h1-4,11,21H,5-8H2,(H,19,23)/t11-,14+/m0/s1. The molecule has 0 unspecified atom stereocenters. The quantitative estimate of drug-likeness (QED) is 0.806. The van der Waals surface area contributed by atoms with E-state index in [9.17, 15) is 22.8 Å². The van der Waals surface area contributed by atoms with Crippen LogP contribution in [-0.4, -0.2) is 46.3 Å². The van der Waals surface area contributed by atoms with E-state index >= 15 is 0 Å². The van der Waals surface area contributed by atoms with Crippen molar-refractivity contribution in [2.24, 2.45) is 0 Å². The Morgan fingerprint density at radius 2 is 1.91 bits per heavy atom. The van der Waals surface area contributed by atoms with Crippen molar-refractivity contribution in [1.29, 1.82) is 0 Å². The zero-order chi connectivity index (χ0) is 16.8. The third-order valence-corrected chi connectivity index (χ3v) is 4.41. The van der Waals surface area contributed by atoms with Crippen molar-refractivity contribution in [2.45, 2.75) is 37.1 Å². The van der Waals surface area contributed by atoms with Crippen LogP contribution in [0.15, 0.2) is 24.3 Å². The molecular weight excluding hydrogens is 313 g/mol. The normalized spacial score (nSPS) is 25.5. The third kappa shape index (κ3) is 2.67. The van der Waals surface area contributed by atoms with E-state index in [0.29, 0.717) is 17.7 Å². The van der Waals surface area contributed by atoms with Crippen LogP contribution in [0.3, 0.4) is 0 Å². The smallest absolute Gasteiger partial charge is 0.382 e. The number of β-amino-alcohol motifs (C(OH)–C–C–N with tert-alkyl or cyclic N) is 1. The van der Waals surface area contributed by atoms with Crippen molar-refractivity contribution in [2.75, 3.05) is 6.54 Å². The highest BCUT2D eigenvalue weighted by Crippen LogP contribution is 2.34. The van der Waals surface area contributed by atoms with E-state index in [1.54, 1.807) is 0 Å². The van der Waals surface area contributed by atoms with Crippen LogP contribution >= 0.6 is 0 Å². The number of halogens is 3.